The average molecular weight is 352 g/mol. The van der Waals surface area contributed by atoms with Gasteiger partial charge in [-0.3, -0.25) is 14.9 Å². The summed E-state index contributed by atoms with van der Waals surface area (Å²) < 4.78 is 0. The highest BCUT2D eigenvalue weighted by atomic mass is 16.6. The van der Waals surface area contributed by atoms with Crippen molar-refractivity contribution < 1.29 is 9.72 Å². The quantitative estimate of drug-likeness (QED) is 0.527. The molecule has 3 rings (SSSR count). The number of amides is 1. The van der Waals surface area contributed by atoms with E-state index in [9.17, 15) is 14.9 Å². The first kappa shape index (κ1) is 17.5. The fraction of sp³-hybridized carbons (Fsp3) is 0.211. The monoisotopic (exact) mass is 352 g/mol. The predicted molar refractivity (Wildman–Crippen MR) is 102 cm³/mol. The summed E-state index contributed by atoms with van der Waals surface area (Å²) in [4.78, 5) is 28.0. The van der Waals surface area contributed by atoms with Crippen LogP contribution in [0.15, 0.2) is 48.7 Å². The van der Waals surface area contributed by atoms with Crippen molar-refractivity contribution in [3.05, 3.63) is 69.9 Å². The second-order valence-corrected chi connectivity index (χ2v) is 6.22. The first-order chi connectivity index (χ1) is 12.5. The molecule has 3 aromatic rings. The number of para-hydroxylation sites is 1. The van der Waals surface area contributed by atoms with Crippen molar-refractivity contribution in [1.82, 2.24) is 10.3 Å². The van der Waals surface area contributed by atoms with E-state index in [1.165, 1.54) is 12.1 Å². The van der Waals surface area contributed by atoms with Crippen LogP contribution < -0.4 is 10.2 Å². The van der Waals surface area contributed by atoms with Crippen LogP contribution in [0.4, 0.5) is 11.4 Å². The number of H-pyrrole nitrogens is 1. The Morgan fingerprint density at radius 2 is 2.00 bits per heavy atom. The van der Waals surface area contributed by atoms with Gasteiger partial charge >= 0.3 is 0 Å². The van der Waals surface area contributed by atoms with E-state index in [1.54, 1.807) is 25.1 Å². The third-order valence-corrected chi connectivity index (χ3v) is 4.27. The molecule has 0 unspecified atom stereocenters. The zero-order chi connectivity index (χ0) is 18.7. The van der Waals surface area contributed by atoms with E-state index < -0.39 is 4.92 Å². The average Bonchev–Trinajstić information content (AvgIpc) is 3.04. The summed E-state index contributed by atoms with van der Waals surface area (Å²) in [7, 11) is 3.59. The maximum atomic E-state index is 12.6. The lowest BCUT2D eigenvalue weighted by atomic mass is 10.1. The number of hydrogen-bond acceptors (Lipinski definition) is 4. The molecule has 0 spiro atoms. The number of carbonyl (C=O) groups is 1. The van der Waals surface area contributed by atoms with Gasteiger partial charge in [-0.15, -0.1) is 0 Å². The van der Waals surface area contributed by atoms with Crippen molar-refractivity contribution in [3.63, 3.8) is 0 Å². The van der Waals surface area contributed by atoms with Gasteiger partial charge in [-0.25, -0.2) is 0 Å². The fourth-order valence-corrected chi connectivity index (χ4v) is 2.95. The van der Waals surface area contributed by atoms with Crippen LogP contribution in [0, 0.1) is 10.1 Å². The molecule has 0 saturated heterocycles. The minimum atomic E-state index is -0.498. The summed E-state index contributed by atoms with van der Waals surface area (Å²) in [6.45, 7) is 0.441. The number of non-ortho nitro benzene ring substituents is 1. The third kappa shape index (κ3) is 3.51. The first-order valence-corrected chi connectivity index (χ1v) is 8.26. The SMILES string of the molecule is CN(C)c1ccc([N+](=O)[O-])cc1C(=O)NCCc1c[nH]c2ccccc12. The second-order valence-electron chi connectivity index (χ2n) is 6.22. The standard InChI is InChI=1S/C19H20N4O3/c1-22(2)18-8-7-14(23(25)26)11-16(18)19(24)20-10-9-13-12-21-17-6-4-3-5-15(13)17/h3-8,11-12,21H,9-10H2,1-2H3,(H,20,24). The Balaban J connectivity index is 1.73. The topological polar surface area (TPSA) is 91.3 Å². The number of aromatic amines is 1. The third-order valence-electron chi connectivity index (χ3n) is 4.27. The minimum absolute atomic E-state index is 0.0996. The van der Waals surface area contributed by atoms with Crippen LogP contribution in [0.2, 0.25) is 0 Å². The van der Waals surface area contributed by atoms with Crippen molar-refractivity contribution in [2.24, 2.45) is 0 Å². The van der Waals surface area contributed by atoms with E-state index in [2.05, 4.69) is 10.3 Å². The molecule has 1 aromatic heterocycles. The maximum Gasteiger partial charge on any atom is 0.270 e. The number of hydrogen-bond donors (Lipinski definition) is 2. The van der Waals surface area contributed by atoms with Gasteiger partial charge in [0.2, 0.25) is 0 Å². The number of nitrogens with one attached hydrogen (secondary N) is 2. The molecular weight excluding hydrogens is 332 g/mol. The molecule has 0 aliphatic heterocycles. The van der Waals surface area contributed by atoms with E-state index in [0.29, 0.717) is 24.2 Å². The highest BCUT2D eigenvalue weighted by Gasteiger charge is 2.17. The lowest BCUT2D eigenvalue weighted by molar-refractivity contribution is -0.384. The molecule has 134 valence electrons. The van der Waals surface area contributed by atoms with Crippen LogP contribution in [0.25, 0.3) is 10.9 Å². The maximum absolute atomic E-state index is 12.6. The van der Waals surface area contributed by atoms with Gasteiger partial charge in [-0.1, -0.05) is 18.2 Å². The highest BCUT2D eigenvalue weighted by molar-refractivity contribution is 6.00. The Bertz CT molecular complexity index is 962. The zero-order valence-corrected chi connectivity index (χ0v) is 14.7. The molecule has 0 radical (unpaired) electrons. The van der Waals surface area contributed by atoms with Crippen LogP contribution in [0.5, 0.6) is 0 Å². The van der Waals surface area contributed by atoms with Gasteiger partial charge in [0, 0.05) is 55.6 Å². The summed E-state index contributed by atoms with van der Waals surface area (Å²) in [6, 6.07) is 12.3. The highest BCUT2D eigenvalue weighted by Crippen LogP contribution is 2.24. The molecule has 26 heavy (non-hydrogen) atoms. The molecule has 0 aliphatic carbocycles. The Morgan fingerprint density at radius 3 is 2.73 bits per heavy atom. The number of aromatic nitrogens is 1. The Hall–Kier alpha value is -3.35. The number of anilines is 1. The van der Waals surface area contributed by atoms with E-state index in [1.807, 2.05) is 30.5 Å². The molecule has 0 atom stereocenters. The van der Waals surface area contributed by atoms with Crippen molar-refractivity contribution in [1.29, 1.82) is 0 Å². The molecule has 1 heterocycles. The number of carbonyl (C=O) groups excluding carboxylic acids is 1. The van der Waals surface area contributed by atoms with E-state index >= 15 is 0 Å². The molecular formula is C19H20N4O3. The Morgan fingerprint density at radius 1 is 1.23 bits per heavy atom. The zero-order valence-electron chi connectivity index (χ0n) is 14.7. The summed E-state index contributed by atoms with van der Waals surface area (Å²) in [5.74, 6) is -0.322. The lowest BCUT2D eigenvalue weighted by Gasteiger charge is -2.17. The molecule has 1 amide bonds. The largest absolute Gasteiger partial charge is 0.377 e. The normalized spacial score (nSPS) is 10.7. The molecule has 0 fully saturated rings. The number of nitro benzene ring substituents is 1. The predicted octanol–water partition coefficient (Wildman–Crippen LogP) is 3.11. The molecule has 2 aromatic carbocycles. The van der Waals surface area contributed by atoms with Gasteiger partial charge in [0.15, 0.2) is 0 Å². The smallest absolute Gasteiger partial charge is 0.270 e. The van der Waals surface area contributed by atoms with Crippen LogP contribution >= 0.6 is 0 Å². The summed E-state index contributed by atoms with van der Waals surface area (Å²) >= 11 is 0. The Kier molecular flexibility index (Phi) is 4.88. The minimum Gasteiger partial charge on any atom is -0.377 e. The number of fused-ring (bicyclic) bond motifs is 1. The van der Waals surface area contributed by atoms with Crippen LogP contribution in [0.3, 0.4) is 0 Å². The van der Waals surface area contributed by atoms with Crippen molar-refractivity contribution in [2.75, 3.05) is 25.5 Å². The van der Waals surface area contributed by atoms with E-state index in [0.717, 1.165) is 16.5 Å². The number of benzene rings is 2. The molecule has 7 nitrogen and oxygen atoms in total. The van der Waals surface area contributed by atoms with Gasteiger partial charge < -0.3 is 15.2 Å². The molecule has 2 N–H and O–H groups in total. The summed E-state index contributed by atoms with van der Waals surface area (Å²) in [5.41, 5.74) is 3.01. The number of nitrogens with zero attached hydrogens (tertiary/aromatic N) is 2. The summed E-state index contributed by atoms with van der Waals surface area (Å²) in [5, 5.41) is 15.0. The Labute approximate surface area is 150 Å². The van der Waals surface area contributed by atoms with Crippen molar-refractivity contribution >= 4 is 28.2 Å². The molecule has 0 saturated carbocycles. The van der Waals surface area contributed by atoms with Gasteiger partial charge in [0.05, 0.1) is 10.5 Å². The molecule has 0 bridgehead atoms. The van der Waals surface area contributed by atoms with Crippen molar-refractivity contribution in [2.45, 2.75) is 6.42 Å². The summed E-state index contributed by atoms with van der Waals surface area (Å²) in [6.07, 6.45) is 2.61. The van der Waals surface area contributed by atoms with Crippen LogP contribution in [-0.4, -0.2) is 36.5 Å². The van der Waals surface area contributed by atoms with Crippen LogP contribution in [0.1, 0.15) is 15.9 Å². The van der Waals surface area contributed by atoms with E-state index in [-0.39, 0.29) is 11.6 Å². The first-order valence-electron chi connectivity index (χ1n) is 8.26. The van der Waals surface area contributed by atoms with Crippen LogP contribution in [-0.2, 0) is 6.42 Å². The van der Waals surface area contributed by atoms with Gasteiger partial charge in [-0.2, -0.15) is 0 Å². The molecule has 0 aliphatic rings. The van der Waals surface area contributed by atoms with Gasteiger partial charge in [0.1, 0.15) is 0 Å². The number of nitro groups is 1. The molecule has 7 heteroatoms. The van der Waals surface area contributed by atoms with E-state index in [4.69, 9.17) is 0 Å². The lowest BCUT2D eigenvalue weighted by Crippen LogP contribution is -2.27. The second kappa shape index (κ2) is 7.26. The van der Waals surface area contributed by atoms with Gasteiger partial charge in [0.25, 0.3) is 11.6 Å². The number of rotatable bonds is 6. The van der Waals surface area contributed by atoms with Crippen molar-refractivity contribution in [3.8, 4) is 0 Å². The van der Waals surface area contributed by atoms with Gasteiger partial charge in [-0.05, 0) is 24.1 Å². The fourth-order valence-electron chi connectivity index (χ4n) is 2.95.